The molecular weight excluding hydrogens is 298 g/mol. The summed E-state index contributed by atoms with van der Waals surface area (Å²) in [5, 5.41) is 4.64. The van der Waals surface area contributed by atoms with Gasteiger partial charge in [0.1, 0.15) is 5.01 Å². The highest BCUT2D eigenvalue weighted by Crippen LogP contribution is 2.29. The molecule has 0 saturated heterocycles. The second kappa shape index (κ2) is 5.09. The van der Waals surface area contributed by atoms with Gasteiger partial charge in [-0.15, -0.1) is 22.7 Å². The molecule has 1 N–H and O–H groups in total. The number of benzene rings is 2. The highest BCUT2D eigenvalue weighted by molar-refractivity contribution is 7.18. The van der Waals surface area contributed by atoms with Crippen molar-refractivity contribution in [2.45, 2.75) is 13.0 Å². The van der Waals surface area contributed by atoms with Gasteiger partial charge in [-0.1, -0.05) is 12.1 Å². The molecule has 104 valence electrons. The molecule has 0 amide bonds. The van der Waals surface area contributed by atoms with Crippen LogP contribution in [0, 0.1) is 0 Å². The van der Waals surface area contributed by atoms with Gasteiger partial charge in [0.2, 0.25) is 0 Å². The molecule has 0 spiro atoms. The van der Waals surface area contributed by atoms with Gasteiger partial charge in [0.15, 0.2) is 0 Å². The molecule has 0 saturated carbocycles. The highest BCUT2D eigenvalue weighted by Gasteiger charge is 2.11. The van der Waals surface area contributed by atoms with Gasteiger partial charge in [0, 0.05) is 5.69 Å². The molecule has 0 bridgehead atoms. The Hall–Kier alpha value is -1.98. The third-order valence-electron chi connectivity index (χ3n) is 3.40. The Balaban J connectivity index is 1.63. The maximum atomic E-state index is 4.71. The fraction of sp³-hybridized carbons (Fsp3) is 0.125. The van der Waals surface area contributed by atoms with Crippen LogP contribution < -0.4 is 5.32 Å². The first-order valence-electron chi connectivity index (χ1n) is 6.75. The Kier molecular flexibility index (Phi) is 3.09. The number of anilines is 1. The predicted octanol–water partition coefficient (Wildman–Crippen LogP) is 5.08. The lowest BCUT2D eigenvalue weighted by Gasteiger charge is -2.12. The van der Waals surface area contributed by atoms with E-state index in [0.717, 1.165) is 21.7 Å². The van der Waals surface area contributed by atoms with Crippen molar-refractivity contribution >= 4 is 48.8 Å². The van der Waals surface area contributed by atoms with E-state index in [0.29, 0.717) is 0 Å². The van der Waals surface area contributed by atoms with Gasteiger partial charge in [-0.05, 0) is 37.3 Å². The maximum Gasteiger partial charge on any atom is 0.116 e. The second-order valence-electron chi connectivity index (χ2n) is 4.92. The van der Waals surface area contributed by atoms with Crippen LogP contribution in [0.4, 0.5) is 5.69 Å². The first-order chi connectivity index (χ1) is 10.3. The zero-order chi connectivity index (χ0) is 14.2. The number of hydrogen-bond acceptors (Lipinski definition) is 5. The number of thiazole rings is 2. The summed E-state index contributed by atoms with van der Waals surface area (Å²) in [6.07, 6.45) is 0. The van der Waals surface area contributed by atoms with Crippen molar-refractivity contribution in [1.29, 1.82) is 0 Å². The number of rotatable bonds is 3. The van der Waals surface area contributed by atoms with Gasteiger partial charge in [-0.2, -0.15) is 0 Å². The third-order valence-corrected chi connectivity index (χ3v) is 5.41. The molecule has 2 aromatic heterocycles. The normalized spacial score (nSPS) is 12.8. The van der Waals surface area contributed by atoms with Gasteiger partial charge >= 0.3 is 0 Å². The molecule has 2 aromatic carbocycles. The largest absolute Gasteiger partial charge is 0.376 e. The Morgan fingerprint density at radius 3 is 2.86 bits per heavy atom. The molecule has 21 heavy (non-hydrogen) atoms. The average molecular weight is 311 g/mol. The van der Waals surface area contributed by atoms with Crippen molar-refractivity contribution in [3.05, 3.63) is 53.0 Å². The summed E-state index contributed by atoms with van der Waals surface area (Å²) in [4.78, 5) is 9.01. The minimum atomic E-state index is 0.188. The number of fused-ring (bicyclic) bond motifs is 2. The number of nitrogens with zero attached hydrogens (tertiary/aromatic N) is 2. The quantitative estimate of drug-likeness (QED) is 0.573. The van der Waals surface area contributed by atoms with Crippen LogP contribution in [0.2, 0.25) is 0 Å². The lowest BCUT2D eigenvalue weighted by atomic mass is 10.2. The molecule has 0 aliphatic carbocycles. The average Bonchev–Trinajstić information content (AvgIpc) is 3.13. The summed E-state index contributed by atoms with van der Waals surface area (Å²) in [5.41, 5.74) is 5.12. The third kappa shape index (κ3) is 2.39. The van der Waals surface area contributed by atoms with Crippen molar-refractivity contribution < 1.29 is 0 Å². The molecule has 4 rings (SSSR count). The molecule has 1 atom stereocenters. The zero-order valence-electron chi connectivity index (χ0n) is 11.4. The van der Waals surface area contributed by atoms with Crippen molar-refractivity contribution in [1.82, 2.24) is 9.97 Å². The van der Waals surface area contributed by atoms with E-state index in [9.17, 15) is 0 Å². The predicted molar refractivity (Wildman–Crippen MR) is 91.3 cm³/mol. The SMILES string of the molecule is CC(Nc1ccc2ncsc2c1)c1nc2ccccc2s1. The monoisotopic (exact) mass is 311 g/mol. The van der Waals surface area contributed by atoms with E-state index >= 15 is 0 Å². The zero-order valence-corrected chi connectivity index (χ0v) is 13.0. The van der Waals surface area contributed by atoms with E-state index in [4.69, 9.17) is 4.98 Å². The van der Waals surface area contributed by atoms with E-state index in [1.807, 2.05) is 11.6 Å². The van der Waals surface area contributed by atoms with Crippen LogP contribution in [0.5, 0.6) is 0 Å². The summed E-state index contributed by atoms with van der Waals surface area (Å²) >= 11 is 3.41. The van der Waals surface area contributed by atoms with Crippen LogP contribution >= 0.6 is 22.7 Å². The van der Waals surface area contributed by atoms with Crippen LogP contribution in [0.1, 0.15) is 18.0 Å². The van der Waals surface area contributed by atoms with Gasteiger partial charge < -0.3 is 5.32 Å². The molecule has 0 fully saturated rings. The molecular formula is C16H13N3S2. The lowest BCUT2D eigenvalue weighted by Crippen LogP contribution is -2.05. The van der Waals surface area contributed by atoms with Crippen LogP contribution in [0.25, 0.3) is 20.4 Å². The molecule has 1 unspecified atom stereocenters. The van der Waals surface area contributed by atoms with Crippen LogP contribution in [-0.2, 0) is 0 Å². The van der Waals surface area contributed by atoms with Gasteiger partial charge in [0.25, 0.3) is 0 Å². The summed E-state index contributed by atoms with van der Waals surface area (Å²) in [6.45, 7) is 2.15. The Labute approximate surface area is 130 Å². The first-order valence-corrected chi connectivity index (χ1v) is 8.44. The Bertz CT molecular complexity index is 877. The fourth-order valence-corrected chi connectivity index (χ4v) is 4.02. The Morgan fingerprint density at radius 2 is 1.95 bits per heavy atom. The number of hydrogen-bond donors (Lipinski definition) is 1. The smallest absolute Gasteiger partial charge is 0.116 e. The minimum Gasteiger partial charge on any atom is -0.376 e. The molecule has 4 aromatic rings. The lowest BCUT2D eigenvalue weighted by molar-refractivity contribution is 0.875. The summed E-state index contributed by atoms with van der Waals surface area (Å²) in [7, 11) is 0. The summed E-state index contributed by atoms with van der Waals surface area (Å²) in [6, 6.07) is 14.7. The molecule has 2 heterocycles. The van der Waals surface area contributed by atoms with Crippen LogP contribution in [-0.4, -0.2) is 9.97 Å². The summed E-state index contributed by atoms with van der Waals surface area (Å²) < 4.78 is 2.44. The summed E-state index contributed by atoms with van der Waals surface area (Å²) in [5.74, 6) is 0. The topological polar surface area (TPSA) is 37.8 Å². The van der Waals surface area contributed by atoms with Crippen LogP contribution in [0.15, 0.2) is 48.0 Å². The van der Waals surface area contributed by atoms with E-state index in [-0.39, 0.29) is 6.04 Å². The number of para-hydroxylation sites is 1. The highest BCUT2D eigenvalue weighted by atomic mass is 32.1. The van der Waals surface area contributed by atoms with E-state index < -0.39 is 0 Å². The maximum absolute atomic E-state index is 4.71. The van der Waals surface area contributed by atoms with Gasteiger partial charge in [-0.25, -0.2) is 9.97 Å². The van der Waals surface area contributed by atoms with Crippen molar-refractivity contribution in [2.75, 3.05) is 5.32 Å². The van der Waals surface area contributed by atoms with Crippen molar-refractivity contribution in [2.24, 2.45) is 0 Å². The fourth-order valence-electron chi connectivity index (χ4n) is 2.33. The Morgan fingerprint density at radius 1 is 1.05 bits per heavy atom. The molecule has 5 heteroatoms. The number of aromatic nitrogens is 2. The van der Waals surface area contributed by atoms with E-state index in [2.05, 4.69) is 53.6 Å². The van der Waals surface area contributed by atoms with Gasteiger partial charge in [-0.3, -0.25) is 0 Å². The second-order valence-corrected chi connectivity index (χ2v) is 6.87. The minimum absolute atomic E-state index is 0.188. The standard InChI is InChI=1S/C16H13N3S2/c1-10(16-19-13-4-2-3-5-14(13)21-16)18-11-6-7-12-15(8-11)20-9-17-12/h2-10,18H,1H3. The first kappa shape index (κ1) is 12.7. The van der Waals surface area contributed by atoms with E-state index in [1.165, 1.54) is 9.40 Å². The van der Waals surface area contributed by atoms with Gasteiger partial charge in [0.05, 0.1) is 32.0 Å². The molecule has 0 aliphatic heterocycles. The molecule has 0 aliphatic rings. The molecule has 3 nitrogen and oxygen atoms in total. The molecule has 0 radical (unpaired) electrons. The van der Waals surface area contributed by atoms with Crippen LogP contribution in [0.3, 0.4) is 0 Å². The van der Waals surface area contributed by atoms with E-state index in [1.54, 1.807) is 22.7 Å². The van der Waals surface area contributed by atoms with Crippen molar-refractivity contribution in [3.63, 3.8) is 0 Å². The number of nitrogens with one attached hydrogen (secondary N) is 1. The van der Waals surface area contributed by atoms with Crippen molar-refractivity contribution in [3.8, 4) is 0 Å².